The maximum absolute atomic E-state index is 13.9. The van der Waals surface area contributed by atoms with Gasteiger partial charge >= 0.3 is 5.97 Å². The number of aliphatic carboxylic acids is 1. The van der Waals surface area contributed by atoms with Crippen molar-refractivity contribution in [2.45, 2.75) is 77.1 Å². The molecule has 5 rings (SSSR count). The lowest BCUT2D eigenvalue weighted by molar-refractivity contribution is -0.147. The van der Waals surface area contributed by atoms with Gasteiger partial charge in [-0.1, -0.05) is 63.2 Å². The van der Waals surface area contributed by atoms with E-state index in [0.717, 1.165) is 49.3 Å². The maximum atomic E-state index is 13.9. The average Bonchev–Trinajstić information content (AvgIpc) is 3.25. The number of nitrogens with one attached hydrogen (secondary N) is 1. The summed E-state index contributed by atoms with van der Waals surface area (Å²) >= 11 is 0. The number of nitrogens with two attached hydrogens (primary N) is 1. The van der Waals surface area contributed by atoms with E-state index in [1.54, 1.807) is 12.1 Å². The molecule has 39 heavy (non-hydrogen) atoms. The highest BCUT2D eigenvalue weighted by molar-refractivity contribution is 5.72. The number of carbonyl (C=O) groups is 1. The molecule has 2 aromatic carbocycles. The molecular weight excluding hydrogens is 495 g/mol. The number of nitrogens with zero attached hydrogens (tertiary/aromatic N) is 2. The van der Waals surface area contributed by atoms with Crippen molar-refractivity contribution in [2.75, 3.05) is 13.2 Å². The number of imidazole rings is 1. The zero-order valence-corrected chi connectivity index (χ0v) is 23.2. The third-order valence-electron chi connectivity index (χ3n) is 7.32. The third-order valence-corrected chi connectivity index (χ3v) is 7.32. The van der Waals surface area contributed by atoms with Crippen molar-refractivity contribution in [3.63, 3.8) is 0 Å². The summed E-state index contributed by atoms with van der Waals surface area (Å²) in [5.74, 6) is -0.111. The van der Waals surface area contributed by atoms with Crippen molar-refractivity contribution in [2.24, 2.45) is 11.1 Å². The Morgan fingerprint density at radius 3 is 2.54 bits per heavy atom. The van der Waals surface area contributed by atoms with Crippen LogP contribution in [0.25, 0.3) is 11.3 Å². The molecule has 7 nitrogen and oxygen atoms in total. The van der Waals surface area contributed by atoms with Gasteiger partial charge in [0.05, 0.1) is 11.7 Å². The Hall–Kier alpha value is -3.07. The van der Waals surface area contributed by atoms with Crippen LogP contribution in [-0.4, -0.2) is 45.4 Å². The van der Waals surface area contributed by atoms with E-state index in [0.29, 0.717) is 19.6 Å². The van der Waals surface area contributed by atoms with Crippen molar-refractivity contribution in [3.05, 3.63) is 78.0 Å². The summed E-state index contributed by atoms with van der Waals surface area (Å²) < 4.78 is 20.9. The molecule has 0 amide bonds. The van der Waals surface area contributed by atoms with Crippen LogP contribution < -0.4 is 11.1 Å². The zero-order valence-electron chi connectivity index (χ0n) is 23.2. The summed E-state index contributed by atoms with van der Waals surface area (Å²) in [7, 11) is 0. The van der Waals surface area contributed by atoms with E-state index in [1.807, 2.05) is 18.3 Å². The first-order valence-corrected chi connectivity index (χ1v) is 13.8. The topological polar surface area (TPSA) is 102 Å². The number of halogens is 1. The molecule has 2 aliphatic rings. The summed E-state index contributed by atoms with van der Waals surface area (Å²) in [6, 6.07) is 17.1. The molecule has 1 aliphatic carbocycles. The molecule has 210 valence electrons. The largest absolute Gasteiger partial charge is 0.479 e. The average molecular weight is 537 g/mol. The summed E-state index contributed by atoms with van der Waals surface area (Å²) in [5.41, 5.74) is 9.06. The molecule has 8 heteroatoms. The molecule has 0 bridgehead atoms. The molecule has 3 aromatic rings. The number of carboxylic acids is 1. The number of hydrogen-bond acceptors (Lipinski definition) is 5. The summed E-state index contributed by atoms with van der Waals surface area (Å²) in [4.78, 5) is 15.1. The molecule has 2 heterocycles. The number of rotatable bonds is 9. The SMILES string of the molecule is CC(C)(C)[C@@H](NCCC1(N)CC1)c1nc(-c2cccc(F)c2)cn1Cc1ccccc1.O=C(O)[C@@H]1CCCO1. The molecule has 1 saturated heterocycles. The van der Waals surface area contributed by atoms with Gasteiger partial charge in [0.2, 0.25) is 0 Å². The molecule has 0 spiro atoms. The Bertz CT molecular complexity index is 1230. The minimum atomic E-state index is -0.831. The predicted octanol–water partition coefficient (Wildman–Crippen LogP) is 5.55. The van der Waals surface area contributed by atoms with Crippen molar-refractivity contribution in [1.82, 2.24) is 14.9 Å². The van der Waals surface area contributed by atoms with Gasteiger partial charge < -0.3 is 25.5 Å². The van der Waals surface area contributed by atoms with Crippen molar-refractivity contribution in [1.29, 1.82) is 0 Å². The highest BCUT2D eigenvalue weighted by atomic mass is 19.1. The summed E-state index contributed by atoms with van der Waals surface area (Å²) in [6.07, 6.45) is 6.28. The maximum Gasteiger partial charge on any atom is 0.332 e. The van der Waals surface area contributed by atoms with Crippen LogP contribution in [0, 0.1) is 11.2 Å². The molecular formula is C31H41FN4O3. The van der Waals surface area contributed by atoms with Crippen LogP contribution in [0.3, 0.4) is 0 Å². The van der Waals surface area contributed by atoms with E-state index in [4.69, 9.17) is 20.6 Å². The fraction of sp³-hybridized carbons (Fsp3) is 0.484. The highest BCUT2D eigenvalue weighted by Gasteiger charge is 2.38. The number of hydrogen-bond donors (Lipinski definition) is 3. The standard InChI is InChI=1S/C26H33FN4.C5H8O3/c1-25(2,3)23(29-15-14-26(28)12-13-26)24-30-22(20-10-7-11-21(27)16-20)18-31(24)17-19-8-5-4-6-9-19;6-5(7)4-2-1-3-8-4/h4-11,16,18,23,29H,12-15,17,28H2,1-3H3;4H,1-3H2,(H,6,7)/t23-;4-/m00/s1. The van der Waals surface area contributed by atoms with Crippen LogP contribution in [0.15, 0.2) is 60.8 Å². The van der Waals surface area contributed by atoms with Crippen molar-refractivity contribution < 1.29 is 19.0 Å². The van der Waals surface area contributed by atoms with Gasteiger partial charge in [0.15, 0.2) is 6.10 Å². The van der Waals surface area contributed by atoms with Gasteiger partial charge in [0, 0.05) is 30.5 Å². The monoisotopic (exact) mass is 536 g/mol. The van der Waals surface area contributed by atoms with Gasteiger partial charge in [0.25, 0.3) is 0 Å². The lowest BCUT2D eigenvalue weighted by Crippen LogP contribution is -2.37. The number of carboxylic acid groups (broad SMARTS) is 1. The molecule has 2 fully saturated rings. The number of benzene rings is 2. The van der Waals surface area contributed by atoms with Gasteiger partial charge in [-0.25, -0.2) is 14.2 Å². The number of aromatic nitrogens is 2. The minimum absolute atomic E-state index is 0.0155. The molecule has 4 N–H and O–H groups in total. The lowest BCUT2D eigenvalue weighted by atomic mass is 9.86. The van der Waals surface area contributed by atoms with E-state index in [1.165, 1.54) is 11.6 Å². The van der Waals surface area contributed by atoms with Crippen LogP contribution in [0.4, 0.5) is 4.39 Å². The second-order valence-corrected chi connectivity index (χ2v) is 11.8. The predicted molar refractivity (Wildman–Crippen MR) is 151 cm³/mol. The molecule has 0 radical (unpaired) electrons. The molecule has 0 unspecified atom stereocenters. The summed E-state index contributed by atoms with van der Waals surface area (Å²) in [5, 5.41) is 12.0. The molecule has 1 saturated carbocycles. The van der Waals surface area contributed by atoms with Gasteiger partial charge in [-0.2, -0.15) is 0 Å². The Balaban J connectivity index is 0.000000379. The van der Waals surface area contributed by atoms with Gasteiger partial charge in [-0.15, -0.1) is 0 Å². The van der Waals surface area contributed by atoms with E-state index < -0.39 is 12.1 Å². The first-order chi connectivity index (χ1) is 18.5. The Morgan fingerprint density at radius 1 is 1.23 bits per heavy atom. The lowest BCUT2D eigenvalue weighted by Gasteiger charge is -2.32. The van der Waals surface area contributed by atoms with Crippen LogP contribution >= 0.6 is 0 Å². The van der Waals surface area contributed by atoms with Gasteiger partial charge in [-0.3, -0.25) is 0 Å². The number of ether oxygens (including phenoxy) is 1. The first kappa shape index (κ1) is 28.9. The van der Waals surface area contributed by atoms with Gasteiger partial charge in [-0.05, 0) is 61.8 Å². The quantitative estimate of drug-likeness (QED) is 0.332. The van der Waals surface area contributed by atoms with Crippen LogP contribution in [0.5, 0.6) is 0 Å². The Kier molecular flexibility index (Phi) is 9.20. The van der Waals surface area contributed by atoms with E-state index in [-0.39, 0.29) is 22.8 Å². The van der Waals surface area contributed by atoms with E-state index in [9.17, 15) is 9.18 Å². The second kappa shape index (κ2) is 12.4. The minimum Gasteiger partial charge on any atom is -0.479 e. The summed E-state index contributed by atoms with van der Waals surface area (Å²) in [6.45, 7) is 8.85. The second-order valence-electron chi connectivity index (χ2n) is 11.8. The normalized spacial score (nSPS) is 18.7. The Morgan fingerprint density at radius 2 is 1.97 bits per heavy atom. The zero-order chi connectivity index (χ0) is 28.0. The van der Waals surface area contributed by atoms with Crippen LogP contribution in [0.2, 0.25) is 0 Å². The fourth-order valence-corrected chi connectivity index (χ4v) is 4.79. The van der Waals surface area contributed by atoms with Crippen molar-refractivity contribution >= 4 is 5.97 Å². The fourth-order valence-electron chi connectivity index (χ4n) is 4.79. The first-order valence-electron chi connectivity index (χ1n) is 13.8. The van der Waals surface area contributed by atoms with E-state index >= 15 is 0 Å². The molecule has 1 aliphatic heterocycles. The van der Waals surface area contributed by atoms with Crippen LogP contribution in [0.1, 0.15) is 70.3 Å². The van der Waals surface area contributed by atoms with E-state index in [2.05, 4.69) is 54.9 Å². The van der Waals surface area contributed by atoms with Gasteiger partial charge in [0.1, 0.15) is 11.6 Å². The highest BCUT2D eigenvalue weighted by Crippen LogP contribution is 2.37. The molecule has 2 atom stereocenters. The smallest absolute Gasteiger partial charge is 0.332 e. The van der Waals surface area contributed by atoms with Crippen LogP contribution in [-0.2, 0) is 16.1 Å². The Labute approximate surface area is 230 Å². The third kappa shape index (κ3) is 8.21. The van der Waals surface area contributed by atoms with Crippen molar-refractivity contribution in [3.8, 4) is 11.3 Å². The molecule has 1 aromatic heterocycles.